The van der Waals surface area contributed by atoms with Crippen molar-refractivity contribution in [2.24, 2.45) is 5.92 Å². The van der Waals surface area contributed by atoms with Gasteiger partial charge in [0.25, 0.3) is 5.91 Å². The van der Waals surface area contributed by atoms with Crippen molar-refractivity contribution in [2.75, 3.05) is 16.4 Å². The number of carbonyl (C=O) groups excluding carboxylic acids is 2. The molecular weight excluding hydrogens is 523 g/mol. The molecule has 10 nitrogen and oxygen atoms in total. The van der Waals surface area contributed by atoms with Crippen LogP contribution >= 0.6 is 0 Å². The molecule has 2 aromatic carbocycles. The Hall–Kier alpha value is -5.45. The second kappa shape index (κ2) is 11.3. The number of nitrogens with two attached hydrogens (primary N) is 1. The summed E-state index contributed by atoms with van der Waals surface area (Å²) in [5.74, 6) is -0.631. The van der Waals surface area contributed by atoms with Gasteiger partial charge in [0.2, 0.25) is 5.91 Å². The number of hydrogen-bond acceptors (Lipinski definition) is 7. The van der Waals surface area contributed by atoms with E-state index in [2.05, 4.69) is 30.6 Å². The van der Waals surface area contributed by atoms with Crippen LogP contribution in [0.3, 0.4) is 0 Å². The zero-order chi connectivity index (χ0) is 29.1. The average molecular weight is 551 g/mol. The topological polar surface area (TPSA) is 163 Å². The third-order valence-electron chi connectivity index (χ3n) is 6.25. The van der Waals surface area contributed by atoms with E-state index < -0.39 is 11.7 Å². The minimum atomic E-state index is -0.455. The van der Waals surface area contributed by atoms with E-state index in [1.807, 2.05) is 13.8 Å². The maximum atomic E-state index is 14.5. The molecule has 0 spiro atoms. The number of imidazole rings is 1. The fraction of sp³-hybridized carbons (Fsp3) is 0.133. The first kappa shape index (κ1) is 27.1. The quantitative estimate of drug-likeness (QED) is 0.128. The van der Waals surface area contributed by atoms with Gasteiger partial charge < -0.3 is 21.4 Å². The number of aromatic nitrogens is 4. The second-order valence-corrected chi connectivity index (χ2v) is 9.89. The van der Waals surface area contributed by atoms with E-state index in [0.29, 0.717) is 51.2 Å². The van der Waals surface area contributed by atoms with Gasteiger partial charge in [0.15, 0.2) is 5.82 Å². The summed E-state index contributed by atoms with van der Waals surface area (Å²) in [6.45, 7) is 3.88. The SMILES string of the molecule is CC(C)CC(=O)Nc1cncc(C(=O)Nc2ccc(N)c(C(=N)c3nc4c(-c5ccccc5F)cncc4[nH]3)c2)c1. The summed E-state index contributed by atoms with van der Waals surface area (Å²) >= 11 is 0. The first-order chi connectivity index (χ1) is 19.7. The molecule has 0 radical (unpaired) electrons. The van der Waals surface area contributed by atoms with Crippen LogP contribution in [-0.4, -0.2) is 37.5 Å². The number of nitrogens with one attached hydrogen (secondary N) is 4. The number of fused-ring (bicyclic) bond motifs is 1. The lowest BCUT2D eigenvalue weighted by molar-refractivity contribution is -0.116. The maximum Gasteiger partial charge on any atom is 0.257 e. The molecule has 5 rings (SSSR count). The van der Waals surface area contributed by atoms with E-state index in [9.17, 15) is 14.0 Å². The van der Waals surface area contributed by atoms with Crippen molar-refractivity contribution in [1.82, 2.24) is 19.9 Å². The largest absolute Gasteiger partial charge is 0.398 e. The van der Waals surface area contributed by atoms with Gasteiger partial charge in [-0.15, -0.1) is 0 Å². The molecule has 3 aromatic heterocycles. The Kier molecular flexibility index (Phi) is 7.51. The molecule has 0 aliphatic heterocycles. The molecule has 0 aliphatic rings. The summed E-state index contributed by atoms with van der Waals surface area (Å²) in [5, 5.41) is 14.3. The second-order valence-electron chi connectivity index (χ2n) is 9.89. The van der Waals surface area contributed by atoms with E-state index in [0.717, 1.165) is 0 Å². The standard InChI is InChI=1S/C30H27FN8O2/c1-16(2)9-26(40)36-19-10-17(12-34-13-19)30(41)37-18-7-8-24(32)21(11-18)27(33)29-38-25-15-35-14-22(28(25)39-29)20-5-3-4-6-23(20)31/h3-8,10-16,33H,9,32H2,1-2H3,(H,36,40)(H,37,41)(H,38,39). The molecule has 0 saturated carbocycles. The Morgan fingerprint density at radius 2 is 1.76 bits per heavy atom. The number of nitrogens with zero attached hydrogens (tertiary/aromatic N) is 3. The number of hydrogen-bond donors (Lipinski definition) is 5. The minimum Gasteiger partial charge on any atom is -0.398 e. The number of carbonyl (C=O) groups is 2. The van der Waals surface area contributed by atoms with Gasteiger partial charge in [-0.2, -0.15) is 0 Å². The number of amides is 2. The molecule has 41 heavy (non-hydrogen) atoms. The van der Waals surface area contributed by atoms with Gasteiger partial charge in [-0.1, -0.05) is 32.0 Å². The van der Waals surface area contributed by atoms with Gasteiger partial charge in [0.1, 0.15) is 17.0 Å². The number of halogens is 1. The number of benzene rings is 2. The van der Waals surface area contributed by atoms with Crippen LogP contribution < -0.4 is 16.4 Å². The summed E-state index contributed by atoms with van der Waals surface area (Å²) in [6.07, 6.45) is 6.29. The van der Waals surface area contributed by atoms with Crippen molar-refractivity contribution in [2.45, 2.75) is 20.3 Å². The zero-order valence-corrected chi connectivity index (χ0v) is 22.3. The van der Waals surface area contributed by atoms with Crippen LogP contribution in [0, 0.1) is 17.1 Å². The van der Waals surface area contributed by atoms with Gasteiger partial charge in [-0.25, -0.2) is 9.37 Å². The van der Waals surface area contributed by atoms with Crippen LogP contribution in [0.2, 0.25) is 0 Å². The van der Waals surface area contributed by atoms with Crippen LogP contribution in [0.25, 0.3) is 22.2 Å². The summed E-state index contributed by atoms with van der Waals surface area (Å²) in [5.41, 5.74) is 9.68. The number of pyridine rings is 2. The smallest absolute Gasteiger partial charge is 0.257 e. The van der Waals surface area contributed by atoms with Crippen LogP contribution in [0.4, 0.5) is 21.5 Å². The highest BCUT2D eigenvalue weighted by Crippen LogP contribution is 2.29. The molecule has 3 heterocycles. The summed E-state index contributed by atoms with van der Waals surface area (Å²) < 4.78 is 14.5. The molecule has 5 aromatic rings. The van der Waals surface area contributed by atoms with Crippen molar-refractivity contribution in [3.05, 3.63) is 96.1 Å². The van der Waals surface area contributed by atoms with Crippen molar-refractivity contribution in [1.29, 1.82) is 5.41 Å². The van der Waals surface area contributed by atoms with Gasteiger partial charge in [0, 0.05) is 46.9 Å². The van der Waals surface area contributed by atoms with Crippen molar-refractivity contribution >= 4 is 45.6 Å². The zero-order valence-electron chi connectivity index (χ0n) is 22.3. The van der Waals surface area contributed by atoms with Gasteiger partial charge in [0.05, 0.1) is 29.2 Å². The lowest BCUT2D eigenvalue weighted by Crippen LogP contribution is -2.16. The van der Waals surface area contributed by atoms with Crippen LogP contribution in [0.1, 0.15) is 42.0 Å². The first-order valence-electron chi connectivity index (χ1n) is 12.8. The summed E-state index contributed by atoms with van der Waals surface area (Å²) in [7, 11) is 0. The van der Waals surface area contributed by atoms with Crippen molar-refractivity contribution in [3.63, 3.8) is 0 Å². The summed E-state index contributed by atoms with van der Waals surface area (Å²) in [4.78, 5) is 41.0. The Bertz CT molecular complexity index is 1800. The Morgan fingerprint density at radius 1 is 0.976 bits per heavy atom. The Labute approximate surface area is 234 Å². The Balaban J connectivity index is 1.39. The van der Waals surface area contributed by atoms with Crippen LogP contribution in [-0.2, 0) is 4.79 Å². The molecule has 0 unspecified atom stereocenters. The van der Waals surface area contributed by atoms with Gasteiger partial charge in [-0.05, 0) is 36.2 Å². The predicted octanol–water partition coefficient (Wildman–Crippen LogP) is 5.39. The van der Waals surface area contributed by atoms with Crippen molar-refractivity contribution in [3.8, 4) is 11.1 Å². The average Bonchev–Trinajstić information content (AvgIpc) is 3.38. The van der Waals surface area contributed by atoms with E-state index in [1.54, 1.807) is 42.6 Å². The molecule has 0 fully saturated rings. The molecule has 6 N–H and O–H groups in total. The lowest BCUT2D eigenvalue weighted by Gasteiger charge is -2.11. The van der Waals surface area contributed by atoms with Crippen LogP contribution in [0.15, 0.2) is 73.3 Å². The normalized spacial score (nSPS) is 11.0. The fourth-order valence-electron chi connectivity index (χ4n) is 4.32. The molecule has 0 aliphatic carbocycles. The van der Waals surface area contributed by atoms with E-state index in [4.69, 9.17) is 11.1 Å². The number of aromatic amines is 1. The summed E-state index contributed by atoms with van der Waals surface area (Å²) in [6, 6.07) is 12.6. The first-order valence-corrected chi connectivity index (χ1v) is 12.8. The molecule has 11 heteroatoms. The Morgan fingerprint density at radius 3 is 2.54 bits per heavy atom. The van der Waals surface area contributed by atoms with Crippen molar-refractivity contribution < 1.29 is 14.0 Å². The van der Waals surface area contributed by atoms with E-state index in [-0.39, 0.29) is 28.9 Å². The molecule has 0 atom stereocenters. The third kappa shape index (κ3) is 5.93. The van der Waals surface area contributed by atoms with Gasteiger partial charge in [-0.3, -0.25) is 25.0 Å². The third-order valence-corrected chi connectivity index (χ3v) is 6.25. The number of nitrogen functional groups attached to an aromatic ring is 1. The van der Waals surface area contributed by atoms with Gasteiger partial charge >= 0.3 is 0 Å². The van der Waals surface area contributed by atoms with Crippen LogP contribution in [0.5, 0.6) is 0 Å². The fourth-order valence-corrected chi connectivity index (χ4v) is 4.32. The molecular formula is C30H27FN8O2. The van der Waals surface area contributed by atoms with E-state index in [1.165, 1.54) is 30.7 Å². The molecule has 206 valence electrons. The minimum absolute atomic E-state index is 0.0224. The molecule has 0 saturated heterocycles. The highest BCUT2D eigenvalue weighted by Gasteiger charge is 2.18. The maximum absolute atomic E-state index is 14.5. The molecule has 0 bridgehead atoms. The highest BCUT2D eigenvalue weighted by atomic mass is 19.1. The number of H-pyrrole nitrogens is 1. The lowest BCUT2D eigenvalue weighted by atomic mass is 10.1. The number of rotatable bonds is 8. The number of anilines is 3. The molecule has 2 amide bonds. The highest BCUT2D eigenvalue weighted by molar-refractivity contribution is 6.14. The van der Waals surface area contributed by atoms with E-state index >= 15 is 0 Å². The monoisotopic (exact) mass is 550 g/mol. The predicted molar refractivity (Wildman–Crippen MR) is 156 cm³/mol.